The first kappa shape index (κ1) is 22.5. The van der Waals surface area contributed by atoms with Gasteiger partial charge in [0.05, 0.1) is 6.61 Å². The van der Waals surface area contributed by atoms with Crippen molar-refractivity contribution in [3.63, 3.8) is 0 Å². The number of carbonyl (C=O) groups is 1. The zero-order valence-corrected chi connectivity index (χ0v) is 18.3. The van der Waals surface area contributed by atoms with E-state index in [1.807, 2.05) is 48.5 Å². The Morgan fingerprint density at radius 1 is 1.16 bits per heavy atom. The maximum atomic E-state index is 11.9. The van der Waals surface area contributed by atoms with E-state index in [4.69, 9.17) is 32.5 Å². The van der Waals surface area contributed by atoms with E-state index in [1.165, 1.54) is 6.20 Å². The molecule has 0 unspecified atom stereocenters. The molecular weight excluding hydrogens is 412 g/mol. The zero-order chi connectivity index (χ0) is 22.2. The van der Waals surface area contributed by atoms with Crippen LogP contribution in [0.3, 0.4) is 0 Å². The lowest BCUT2D eigenvalue weighted by Gasteiger charge is -2.15. The number of rotatable bonds is 8. The van der Waals surface area contributed by atoms with Crippen LogP contribution in [0.4, 0.5) is 0 Å². The predicted octanol–water partition coefficient (Wildman–Crippen LogP) is 5.10. The summed E-state index contributed by atoms with van der Waals surface area (Å²) in [6.45, 7) is 2.44. The van der Waals surface area contributed by atoms with Crippen molar-refractivity contribution in [1.82, 2.24) is 0 Å². The van der Waals surface area contributed by atoms with Crippen LogP contribution >= 0.6 is 11.6 Å². The van der Waals surface area contributed by atoms with Crippen molar-refractivity contribution in [3.8, 4) is 5.75 Å². The highest BCUT2D eigenvalue weighted by Gasteiger charge is 2.22. The average Bonchev–Trinajstić information content (AvgIpc) is 3.26. The molecule has 0 spiro atoms. The van der Waals surface area contributed by atoms with E-state index < -0.39 is 5.97 Å². The number of hydrogen-bond donors (Lipinski definition) is 2. The number of ether oxygens (including phenoxy) is 2. The van der Waals surface area contributed by atoms with Crippen LogP contribution in [0.25, 0.3) is 5.57 Å². The maximum absolute atomic E-state index is 11.9. The van der Waals surface area contributed by atoms with Crippen molar-refractivity contribution in [2.45, 2.75) is 32.8 Å². The SMILES string of the molecule is CCOC(=O)/C(N)=C/C(=C\N)C1=C(c2cc(Cl)ccc2OCc2ccccc2)CCC1. The fourth-order valence-electron chi connectivity index (χ4n) is 3.64. The Kier molecular flexibility index (Phi) is 7.79. The van der Waals surface area contributed by atoms with Gasteiger partial charge in [-0.05, 0) is 72.7 Å². The lowest BCUT2D eigenvalue weighted by molar-refractivity contribution is -0.138. The second-order valence-electron chi connectivity index (χ2n) is 7.17. The highest BCUT2D eigenvalue weighted by Crippen LogP contribution is 2.42. The Bertz CT molecular complexity index is 1030. The summed E-state index contributed by atoms with van der Waals surface area (Å²) in [6, 6.07) is 15.6. The summed E-state index contributed by atoms with van der Waals surface area (Å²) in [4.78, 5) is 11.9. The molecule has 0 atom stereocenters. The van der Waals surface area contributed by atoms with Gasteiger partial charge in [0.2, 0.25) is 0 Å². The molecule has 162 valence electrons. The summed E-state index contributed by atoms with van der Waals surface area (Å²) in [6.07, 6.45) is 5.67. The first-order valence-corrected chi connectivity index (χ1v) is 10.7. The molecule has 2 aromatic rings. The molecule has 0 radical (unpaired) electrons. The summed E-state index contributed by atoms with van der Waals surface area (Å²) >= 11 is 6.32. The van der Waals surface area contributed by atoms with Crippen LogP contribution < -0.4 is 16.2 Å². The van der Waals surface area contributed by atoms with Gasteiger partial charge in [0.15, 0.2) is 0 Å². The Morgan fingerprint density at radius 3 is 2.65 bits per heavy atom. The zero-order valence-electron chi connectivity index (χ0n) is 17.6. The highest BCUT2D eigenvalue weighted by atomic mass is 35.5. The molecule has 2 aromatic carbocycles. The average molecular weight is 439 g/mol. The Hall–Kier alpha value is -3.18. The number of benzene rings is 2. The van der Waals surface area contributed by atoms with Gasteiger partial charge in [0.1, 0.15) is 18.1 Å². The molecule has 1 aliphatic rings. The van der Waals surface area contributed by atoms with Gasteiger partial charge in [0.25, 0.3) is 0 Å². The van der Waals surface area contributed by atoms with Crippen LogP contribution in [0.5, 0.6) is 5.75 Å². The van der Waals surface area contributed by atoms with Crippen LogP contribution in [0.1, 0.15) is 37.3 Å². The fraction of sp³-hybridized carbons (Fsp3) is 0.240. The molecule has 31 heavy (non-hydrogen) atoms. The van der Waals surface area contributed by atoms with Gasteiger partial charge in [-0.1, -0.05) is 41.9 Å². The smallest absolute Gasteiger partial charge is 0.354 e. The van der Waals surface area contributed by atoms with Crippen molar-refractivity contribution in [3.05, 3.63) is 93.8 Å². The molecule has 0 heterocycles. The molecule has 0 aliphatic heterocycles. The molecule has 0 fully saturated rings. The summed E-state index contributed by atoms with van der Waals surface area (Å²) in [5.41, 5.74) is 16.7. The molecule has 5 nitrogen and oxygen atoms in total. The minimum atomic E-state index is -0.559. The quantitative estimate of drug-likeness (QED) is 0.340. The largest absolute Gasteiger partial charge is 0.488 e. The van der Waals surface area contributed by atoms with Gasteiger partial charge in [-0.2, -0.15) is 0 Å². The number of allylic oxidation sites excluding steroid dienone is 4. The Morgan fingerprint density at radius 2 is 1.94 bits per heavy atom. The van der Waals surface area contributed by atoms with Gasteiger partial charge < -0.3 is 20.9 Å². The Balaban J connectivity index is 1.95. The Labute approximate surface area is 188 Å². The summed E-state index contributed by atoms with van der Waals surface area (Å²) in [5, 5.41) is 0.626. The maximum Gasteiger partial charge on any atom is 0.354 e. The highest BCUT2D eigenvalue weighted by molar-refractivity contribution is 6.30. The number of carbonyl (C=O) groups excluding carboxylic acids is 1. The van der Waals surface area contributed by atoms with Gasteiger partial charge in [0, 0.05) is 16.8 Å². The lowest BCUT2D eigenvalue weighted by Crippen LogP contribution is -2.15. The summed E-state index contributed by atoms with van der Waals surface area (Å²) < 4.78 is 11.1. The van der Waals surface area contributed by atoms with Crippen molar-refractivity contribution in [2.75, 3.05) is 6.61 Å². The molecular formula is C25H27ClN2O3. The number of nitrogens with two attached hydrogens (primary N) is 2. The monoisotopic (exact) mass is 438 g/mol. The van der Waals surface area contributed by atoms with E-state index in [1.54, 1.807) is 13.0 Å². The first-order chi connectivity index (χ1) is 15.0. The minimum absolute atomic E-state index is 0.0175. The first-order valence-electron chi connectivity index (χ1n) is 10.3. The van der Waals surface area contributed by atoms with E-state index >= 15 is 0 Å². The van der Waals surface area contributed by atoms with Crippen LogP contribution in [0.2, 0.25) is 5.02 Å². The third kappa shape index (κ3) is 5.70. The molecule has 4 N–H and O–H groups in total. The predicted molar refractivity (Wildman–Crippen MR) is 124 cm³/mol. The molecule has 0 bridgehead atoms. The van der Waals surface area contributed by atoms with E-state index in [-0.39, 0.29) is 12.3 Å². The van der Waals surface area contributed by atoms with E-state index in [0.29, 0.717) is 17.2 Å². The van der Waals surface area contributed by atoms with Crippen LogP contribution in [0, 0.1) is 0 Å². The number of esters is 1. The van der Waals surface area contributed by atoms with E-state index in [2.05, 4.69) is 0 Å². The molecule has 1 aliphatic carbocycles. The van der Waals surface area contributed by atoms with Crippen LogP contribution in [-0.2, 0) is 16.1 Å². The van der Waals surface area contributed by atoms with Gasteiger partial charge in [-0.3, -0.25) is 0 Å². The molecule has 6 heteroatoms. The van der Waals surface area contributed by atoms with Crippen LogP contribution in [0.15, 0.2) is 77.7 Å². The van der Waals surface area contributed by atoms with Gasteiger partial charge in [-0.25, -0.2) is 4.79 Å². The van der Waals surface area contributed by atoms with Gasteiger partial charge >= 0.3 is 5.97 Å². The third-order valence-electron chi connectivity index (χ3n) is 5.07. The van der Waals surface area contributed by atoms with E-state index in [9.17, 15) is 4.79 Å². The second kappa shape index (κ2) is 10.7. The number of hydrogen-bond acceptors (Lipinski definition) is 5. The van der Waals surface area contributed by atoms with E-state index in [0.717, 1.165) is 47.3 Å². The third-order valence-corrected chi connectivity index (χ3v) is 5.31. The fourth-order valence-corrected chi connectivity index (χ4v) is 3.81. The molecule has 0 amide bonds. The van der Waals surface area contributed by atoms with Crippen molar-refractivity contribution in [2.24, 2.45) is 11.5 Å². The lowest BCUT2D eigenvalue weighted by atomic mass is 9.96. The molecule has 0 saturated carbocycles. The second-order valence-corrected chi connectivity index (χ2v) is 7.60. The number of halogens is 1. The van der Waals surface area contributed by atoms with Crippen molar-refractivity contribution >= 4 is 23.1 Å². The standard InChI is InChI=1S/C25H27ClN2O3/c1-2-30-25(29)23(28)13-18(15-27)20-9-6-10-21(20)22-14-19(26)11-12-24(22)31-16-17-7-4-3-5-8-17/h3-5,7-8,11-15H,2,6,9-10,16,27-28H2,1H3/b18-15+,23-13-. The normalized spacial score (nSPS) is 14.6. The van der Waals surface area contributed by atoms with Crippen molar-refractivity contribution < 1.29 is 14.3 Å². The minimum Gasteiger partial charge on any atom is -0.488 e. The topological polar surface area (TPSA) is 87.6 Å². The van der Waals surface area contributed by atoms with Crippen LogP contribution in [-0.4, -0.2) is 12.6 Å². The summed E-state index contributed by atoms with van der Waals surface area (Å²) in [7, 11) is 0. The summed E-state index contributed by atoms with van der Waals surface area (Å²) in [5.74, 6) is 0.193. The van der Waals surface area contributed by atoms with Crippen molar-refractivity contribution in [1.29, 1.82) is 0 Å². The molecule has 0 saturated heterocycles. The molecule has 3 rings (SSSR count). The van der Waals surface area contributed by atoms with Gasteiger partial charge in [-0.15, -0.1) is 0 Å². The molecule has 0 aromatic heterocycles.